The van der Waals surface area contributed by atoms with Gasteiger partial charge in [0.05, 0.1) is 24.8 Å². The molecule has 0 bridgehead atoms. The lowest BCUT2D eigenvalue weighted by Crippen LogP contribution is -2.24. The van der Waals surface area contributed by atoms with Crippen LogP contribution in [0.4, 0.5) is 11.4 Å². The number of hydrogen-bond donors (Lipinski definition) is 2. The highest BCUT2D eigenvalue weighted by Crippen LogP contribution is 2.54. The van der Waals surface area contributed by atoms with Crippen molar-refractivity contribution in [2.45, 2.75) is 23.7 Å². The molecule has 1 aliphatic heterocycles. The second-order valence-electron chi connectivity index (χ2n) is 4.28. The molecule has 1 heterocycles. The maximum Gasteiger partial charge on any atom is 0.189 e. The Bertz CT molecular complexity index is 496. The third-order valence-electron chi connectivity index (χ3n) is 2.92. The van der Waals surface area contributed by atoms with Crippen molar-refractivity contribution in [3.8, 4) is 17.2 Å². The van der Waals surface area contributed by atoms with Gasteiger partial charge < -0.3 is 30.4 Å². The van der Waals surface area contributed by atoms with E-state index < -0.39 is 0 Å². The zero-order chi connectivity index (χ0) is 14.7. The van der Waals surface area contributed by atoms with Gasteiger partial charge >= 0.3 is 0 Å². The number of nitrogen functional groups attached to an aromatic ring is 2. The summed E-state index contributed by atoms with van der Waals surface area (Å²) >= 11 is 1.50. The molecule has 112 valence electrons. The standard InChI is InChI=1S/C13H20N2O4S/c1-4-5-18-7-6-19-12-8(14)10(16-2)11(17-3)9(15)13(12)20-7/h7H,4-6,14-15H2,1-3H3. The average Bonchev–Trinajstić information content (AvgIpc) is 2.48. The van der Waals surface area contributed by atoms with Crippen molar-refractivity contribution in [3.63, 3.8) is 0 Å². The van der Waals surface area contributed by atoms with Gasteiger partial charge in [-0.1, -0.05) is 18.7 Å². The van der Waals surface area contributed by atoms with Gasteiger partial charge in [0.25, 0.3) is 0 Å². The summed E-state index contributed by atoms with van der Waals surface area (Å²) in [6, 6.07) is 0. The molecule has 0 fully saturated rings. The highest BCUT2D eigenvalue weighted by molar-refractivity contribution is 8.00. The minimum absolute atomic E-state index is 0.0951. The van der Waals surface area contributed by atoms with Crippen molar-refractivity contribution >= 4 is 23.1 Å². The highest BCUT2D eigenvalue weighted by Gasteiger charge is 2.30. The Labute approximate surface area is 122 Å². The van der Waals surface area contributed by atoms with Crippen LogP contribution in [0.1, 0.15) is 13.3 Å². The molecule has 0 aliphatic carbocycles. The van der Waals surface area contributed by atoms with Crippen LogP contribution in [0, 0.1) is 0 Å². The molecule has 2 rings (SSSR count). The van der Waals surface area contributed by atoms with E-state index in [9.17, 15) is 0 Å². The maximum absolute atomic E-state index is 6.13. The quantitative estimate of drug-likeness (QED) is 0.805. The molecule has 20 heavy (non-hydrogen) atoms. The Morgan fingerprint density at radius 1 is 1.20 bits per heavy atom. The lowest BCUT2D eigenvalue weighted by Gasteiger charge is -2.28. The van der Waals surface area contributed by atoms with Gasteiger partial charge in [-0.05, 0) is 6.42 Å². The zero-order valence-corrected chi connectivity index (χ0v) is 12.7. The van der Waals surface area contributed by atoms with Crippen LogP contribution in [0.5, 0.6) is 17.2 Å². The SMILES string of the molecule is CCCOC1COc2c(N)c(OC)c(OC)c(N)c2S1. The van der Waals surface area contributed by atoms with E-state index in [1.807, 2.05) is 0 Å². The van der Waals surface area contributed by atoms with Crippen molar-refractivity contribution in [3.05, 3.63) is 0 Å². The third-order valence-corrected chi connectivity index (χ3v) is 4.10. The molecule has 7 heteroatoms. The molecule has 6 nitrogen and oxygen atoms in total. The summed E-state index contributed by atoms with van der Waals surface area (Å²) in [5, 5.41) is 0. The fraction of sp³-hybridized carbons (Fsp3) is 0.538. The first-order chi connectivity index (χ1) is 9.63. The molecule has 0 radical (unpaired) electrons. The smallest absolute Gasteiger partial charge is 0.189 e. The summed E-state index contributed by atoms with van der Waals surface area (Å²) in [5.41, 5.74) is 13.0. The van der Waals surface area contributed by atoms with Gasteiger partial charge in [0.1, 0.15) is 17.7 Å². The van der Waals surface area contributed by atoms with E-state index in [1.54, 1.807) is 0 Å². The number of rotatable bonds is 5. The van der Waals surface area contributed by atoms with Crippen LogP contribution in [0.25, 0.3) is 0 Å². The summed E-state index contributed by atoms with van der Waals surface area (Å²) in [4.78, 5) is 0.743. The maximum atomic E-state index is 6.13. The van der Waals surface area contributed by atoms with Crippen LogP contribution in [-0.4, -0.2) is 32.9 Å². The minimum Gasteiger partial charge on any atom is -0.491 e. The highest BCUT2D eigenvalue weighted by atomic mass is 32.2. The summed E-state index contributed by atoms with van der Waals surface area (Å²) in [5.74, 6) is 1.37. The number of ether oxygens (including phenoxy) is 4. The molecular weight excluding hydrogens is 280 g/mol. The summed E-state index contributed by atoms with van der Waals surface area (Å²) in [6.07, 6.45) is 0.952. The van der Waals surface area contributed by atoms with E-state index in [0.717, 1.165) is 11.3 Å². The second kappa shape index (κ2) is 6.32. The molecule has 0 saturated heterocycles. The molecule has 0 aromatic heterocycles. The Morgan fingerprint density at radius 2 is 1.85 bits per heavy atom. The Morgan fingerprint density at radius 3 is 2.45 bits per heavy atom. The summed E-state index contributed by atoms with van der Waals surface area (Å²) < 4.78 is 21.9. The molecule has 0 spiro atoms. The fourth-order valence-electron chi connectivity index (χ4n) is 2.01. The second-order valence-corrected chi connectivity index (χ2v) is 5.45. The molecule has 1 aromatic rings. The van der Waals surface area contributed by atoms with E-state index in [1.165, 1.54) is 26.0 Å². The van der Waals surface area contributed by atoms with Crippen molar-refractivity contribution in [2.24, 2.45) is 0 Å². The van der Waals surface area contributed by atoms with E-state index >= 15 is 0 Å². The van der Waals surface area contributed by atoms with Crippen LogP contribution < -0.4 is 25.7 Å². The summed E-state index contributed by atoms with van der Waals surface area (Å²) in [7, 11) is 3.04. The van der Waals surface area contributed by atoms with E-state index in [0.29, 0.717) is 41.8 Å². The predicted octanol–water partition coefficient (Wildman–Crippen LogP) is 2.11. The van der Waals surface area contributed by atoms with Gasteiger partial charge in [-0.2, -0.15) is 0 Å². The lowest BCUT2D eigenvalue weighted by molar-refractivity contribution is 0.0722. The first-order valence-corrected chi connectivity index (χ1v) is 7.25. The molecule has 1 aliphatic rings. The molecule has 0 amide bonds. The van der Waals surface area contributed by atoms with E-state index in [-0.39, 0.29) is 5.44 Å². The van der Waals surface area contributed by atoms with Gasteiger partial charge in [0.15, 0.2) is 17.2 Å². The first kappa shape index (κ1) is 14.9. The monoisotopic (exact) mass is 300 g/mol. The number of nitrogens with two attached hydrogens (primary N) is 2. The topological polar surface area (TPSA) is 89.0 Å². The molecule has 1 aromatic carbocycles. The van der Waals surface area contributed by atoms with Crippen LogP contribution >= 0.6 is 11.8 Å². The first-order valence-electron chi connectivity index (χ1n) is 6.37. The molecule has 1 atom stereocenters. The molecular formula is C13H20N2O4S. The third kappa shape index (κ3) is 2.55. The van der Waals surface area contributed by atoms with Gasteiger partial charge in [0, 0.05) is 6.61 Å². The number of methoxy groups -OCH3 is 2. The predicted molar refractivity (Wildman–Crippen MR) is 79.8 cm³/mol. The van der Waals surface area contributed by atoms with Crippen molar-refractivity contribution in [1.29, 1.82) is 0 Å². The van der Waals surface area contributed by atoms with E-state index in [4.69, 9.17) is 30.4 Å². The Balaban J connectivity index is 2.39. The number of anilines is 2. The van der Waals surface area contributed by atoms with Gasteiger partial charge in [-0.25, -0.2) is 0 Å². The van der Waals surface area contributed by atoms with Crippen LogP contribution in [-0.2, 0) is 4.74 Å². The van der Waals surface area contributed by atoms with Gasteiger partial charge in [-0.15, -0.1) is 0 Å². The van der Waals surface area contributed by atoms with Crippen LogP contribution in [0.15, 0.2) is 4.90 Å². The Hall–Kier alpha value is -1.47. The Kier molecular flexibility index (Phi) is 4.72. The zero-order valence-electron chi connectivity index (χ0n) is 11.9. The number of fused-ring (bicyclic) bond motifs is 1. The average molecular weight is 300 g/mol. The number of benzene rings is 1. The van der Waals surface area contributed by atoms with Crippen LogP contribution in [0.2, 0.25) is 0 Å². The largest absolute Gasteiger partial charge is 0.491 e. The van der Waals surface area contributed by atoms with Crippen LogP contribution in [0.3, 0.4) is 0 Å². The number of thioether (sulfide) groups is 1. The van der Waals surface area contributed by atoms with Crippen molar-refractivity contribution < 1.29 is 18.9 Å². The van der Waals surface area contributed by atoms with Gasteiger partial charge in [0.2, 0.25) is 0 Å². The van der Waals surface area contributed by atoms with E-state index in [2.05, 4.69) is 6.92 Å². The van der Waals surface area contributed by atoms with Crippen molar-refractivity contribution in [2.75, 3.05) is 38.9 Å². The molecule has 1 unspecified atom stereocenters. The minimum atomic E-state index is -0.0951. The molecule has 4 N–H and O–H groups in total. The molecule has 0 saturated carbocycles. The fourth-order valence-corrected chi connectivity index (χ4v) is 3.07. The van der Waals surface area contributed by atoms with Gasteiger partial charge in [-0.3, -0.25) is 0 Å². The van der Waals surface area contributed by atoms with Crippen molar-refractivity contribution in [1.82, 2.24) is 0 Å². The summed E-state index contributed by atoms with van der Waals surface area (Å²) in [6.45, 7) is 3.17. The lowest BCUT2D eigenvalue weighted by atomic mass is 10.2. The normalized spacial score (nSPS) is 17.2. The number of hydrogen-bond acceptors (Lipinski definition) is 7.